The molecule has 8 heteroatoms. The number of primary amides is 1. The topological polar surface area (TPSA) is 70.1 Å². The molecule has 1 rings (SSSR count). The fourth-order valence-electron chi connectivity index (χ4n) is 2.54. The molecule has 1 aromatic carbocycles. The second-order valence-corrected chi connectivity index (χ2v) is 6.79. The van der Waals surface area contributed by atoms with Crippen LogP contribution in [0.15, 0.2) is 28.7 Å². The largest absolute Gasteiger partial charge is 0.408 e. The molecule has 2 N–H and O–H groups in total. The zero-order valence-corrected chi connectivity index (χ0v) is 14.9. The highest BCUT2D eigenvalue weighted by molar-refractivity contribution is 9.10. The van der Waals surface area contributed by atoms with E-state index in [2.05, 4.69) is 15.9 Å². The second kappa shape index (κ2) is 8.49. The lowest BCUT2D eigenvalue weighted by Gasteiger charge is -2.36. The number of halogens is 4. The van der Waals surface area contributed by atoms with Crippen LogP contribution in [0.4, 0.5) is 13.2 Å². The third-order valence-electron chi connectivity index (χ3n) is 3.50. The van der Waals surface area contributed by atoms with E-state index in [1.54, 1.807) is 19.9 Å². The van der Waals surface area contributed by atoms with Gasteiger partial charge in [0.15, 0.2) is 0 Å². The van der Waals surface area contributed by atoms with Crippen molar-refractivity contribution in [3.63, 3.8) is 0 Å². The average molecular weight is 406 g/mol. The van der Waals surface area contributed by atoms with Crippen LogP contribution in [0.5, 0.6) is 0 Å². The molecule has 132 valence electrons. The Balaban J connectivity index is 3.39. The number of carbonyl (C=O) groups is 1. The quantitative estimate of drug-likeness (QED) is 0.701. The smallest absolute Gasteiger partial charge is 0.368 e. The van der Waals surface area contributed by atoms with Gasteiger partial charge in [0, 0.05) is 4.47 Å². The number of carbonyl (C=O) groups excluding carboxylic acids is 1. The van der Waals surface area contributed by atoms with Gasteiger partial charge in [0.2, 0.25) is 5.91 Å². The number of rotatable bonds is 7. The molecule has 0 bridgehead atoms. The van der Waals surface area contributed by atoms with E-state index in [1.165, 1.54) is 24.3 Å². The molecular weight excluding hydrogens is 387 g/mol. The summed E-state index contributed by atoms with van der Waals surface area (Å²) in [5, 5.41) is 8.99. The zero-order valence-electron chi connectivity index (χ0n) is 13.3. The number of amides is 1. The van der Waals surface area contributed by atoms with Gasteiger partial charge in [-0.05, 0) is 30.0 Å². The van der Waals surface area contributed by atoms with E-state index < -0.39 is 30.7 Å². The Morgan fingerprint density at radius 3 is 2.25 bits per heavy atom. The summed E-state index contributed by atoms with van der Waals surface area (Å²) in [6, 6.07) is 4.07. The first-order valence-corrected chi connectivity index (χ1v) is 8.11. The number of hydrogen-bond acceptors (Lipinski definition) is 3. The summed E-state index contributed by atoms with van der Waals surface area (Å²) in [4.78, 5) is 12.6. The van der Waals surface area contributed by atoms with Gasteiger partial charge in [-0.15, -0.1) is 0 Å². The van der Waals surface area contributed by atoms with Gasteiger partial charge in [0.25, 0.3) is 0 Å². The molecule has 4 nitrogen and oxygen atoms in total. The second-order valence-electron chi connectivity index (χ2n) is 5.87. The zero-order chi connectivity index (χ0) is 18.5. The summed E-state index contributed by atoms with van der Waals surface area (Å²) in [6.07, 6.45) is -4.52. The minimum Gasteiger partial charge on any atom is -0.368 e. The van der Waals surface area contributed by atoms with Crippen molar-refractivity contribution in [1.29, 1.82) is 5.26 Å². The van der Waals surface area contributed by atoms with Crippen molar-refractivity contribution < 1.29 is 18.0 Å². The van der Waals surface area contributed by atoms with Crippen LogP contribution in [0.2, 0.25) is 0 Å². The number of benzene rings is 1. The number of nitrogens with zero attached hydrogens (tertiary/aromatic N) is 2. The molecule has 1 amide bonds. The van der Waals surface area contributed by atoms with Crippen LogP contribution >= 0.6 is 15.9 Å². The molecule has 0 saturated carbocycles. The van der Waals surface area contributed by atoms with E-state index in [4.69, 9.17) is 11.0 Å². The fourth-order valence-corrected chi connectivity index (χ4v) is 2.80. The third kappa shape index (κ3) is 5.49. The van der Waals surface area contributed by atoms with Crippen molar-refractivity contribution in [1.82, 2.24) is 4.90 Å². The van der Waals surface area contributed by atoms with Crippen LogP contribution in [-0.2, 0) is 4.79 Å². The molecule has 0 fully saturated rings. The Bertz CT molecular complexity index is 596. The lowest BCUT2D eigenvalue weighted by atomic mass is 9.97. The molecule has 0 heterocycles. The van der Waals surface area contributed by atoms with Crippen LogP contribution in [0.3, 0.4) is 0 Å². The summed E-state index contributed by atoms with van der Waals surface area (Å²) in [7, 11) is 0. The Labute approximate surface area is 147 Å². The molecule has 0 aliphatic rings. The normalized spacial score (nSPS) is 14.5. The summed E-state index contributed by atoms with van der Waals surface area (Å²) < 4.78 is 41.8. The molecule has 2 atom stereocenters. The van der Waals surface area contributed by atoms with E-state index in [9.17, 15) is 18.0 Å². The summed E-state index contributed by atoms with van der Waals surface area (Å²) in [5.41, 5.74) is 5.29. The number of hydrogen-bond donors (Lipinski definition) is 1. The summed E-state index contributed by atoms with van der Waals surface area (Å²) >= 11 is 3.18. The van der Waals surface area contributed by atoms with Gasteiger partial charge in [-0.3, -0.25) is 9.69 Å². The van der Waals surface area contributed by atoms with Gasteiger partial charge in [-0.1, -0.05) is 41.9 Å². The van der Waals surface area contributed by atoms with E-state index in [-0.39, 0.29) is 17.9 Å². The molecule has 1 unspecified atom stereocenters. The van der Waals surface area contributed by atoms with E-state index >= 15 is 0 Å². The predicted molar refractivity (Wildman–Crippen MR) is 87.7 cm³/mol. The molecule has 1 aromatic rings. The maximum absolute atomic E-state index is 13.7. The first kappa shape index (κ1) is 20.5. The van der Waals surface area contributed by atoms with Crippen LogP contribution in [0, 0.1) is 17.2 Å². The van der Waals surface area contributed by atoms with Crippen LogP contribution < -0.4 is 5.73 Å². The Morgan fingerprint density at radius 1 is 1.33 bits per heavy atom. The lowest BCUT2D eigenvalue weighted by Crippen LogP contribution is -2.51. The lowest BCUT2D eigenvalue weighted by molar-refractivity contribution is -0.192. The highest BCUT2D eigenvalue weighted by atomic mass is 79.9. The van der Waals surface area contributed by atoms with Crippen molar-refractivity contribution in [2.24, 2.45) is 11.7 Å². The highest BCUT2D eigenvalue weighted by Gasteiger charge is 2.47. The molecular formula is C16H19BrF3N3O. The maximum atomic E-state index is 13.7. The van der Waals surface area contributed by atoms with Gasteiger partial charge < -0.3 is 5.73 Å². The molecule has 0 spiro atoms. The Kier molecular flexibility index (Phi) is 7.24. The van der Waals surface area contributed by atoms with Crippen LogP contribution in [0.25, 0.3) is 0 Å². The van der Waals surface area contributed by atoms with Crippen molar-refractivity contribution in [3.8, 4) is 6.07 Å². The van der Waals surface area contributed by atoms with E-state index in [0.29, 0.717) is 4.47 Å². The Morgan fingerprint density at radius 2 is 1.88 bits per heavy atom. The van der Waals surface area contributed by atoms with E-state index in [1.807, 2.05) is 0 Å². The minimum absolute atomic E-state index is 0.0454. The summed E-state index contributed by atoms with van der Waals surface area (Å²) in [6.45, 7) is 3.01. The SMILES string of the molecule is CC(C)C[C@@H](C(N)=O)N(CC#N)C(c1ccc(Br)cc1)C(F)(F)F. The average Bonchev–Trinajstić information content (AvgIpc) is 2.44. The van der Waals surface area contributed by atoms with E-state index in [0.717, 1.165) is 4.90 Å². The third-order valence-corrected chi connectivity index (χ3v) is 4.03. The van der Waals surface area contributed by atoms with Crippen molar-refractivity contribution in [2.75, 3.05) is 6.54 Å². The first-order chi connectivity index (χ1) is 11.1. The fraction of sp³-hybridized carbons (Fsp3) is 0.500. The highest BCUT2D eigenvalue weighted by Crippen LogP contribution is 2.39. The van der Waals surface area contributed by atoms with Crippen LogP contribution in [0.1, 0.15) is 31.9 Å². The maximum Gasteiger partial charge on any atom is 0.408 e. The van der Waals surface area contributed by atoms with Gasteiger partial charge in [-0.25, -0.2) is 0 Å². The molecule has 24 heavy (non-hydrogen) atoms. The first-order valence-electron chi connectivity index (χ1n) is 7.32. The molecule has 0 saturated heterocycles. The number of alkyl halides is 3. The Hall–Kier alpha value is -1.59. The molecule has 0 aliphatic carbocycles. The number of nitrogens with two attached hydrogens (primary N) is 1. The van der Waals surface area contributed by atoms with Gasteiger partial charge in [0.05, 0.1) is 18.7 Å². The van der Waals surface area contributed by atoms with Crippen LogP contribution in [-0.4, -0.2) is 29.6 Å². The van der Waals surface area contributed by atoms with Crippen molar-refractivity contribution in [2.45, 2.75) is 38.5 Å². The minimum atomic E-state index is -4.66. The summed E-state index contributed by atoms with van der Waals surface area (Å²) in [5.74, 6) is -0.923. The molecule has 0 radical (unpaired) electrons. The monoisotopic (exact) mass is 405 g/mol. The predicted octanol–water partition coefficient (Wildman–Crippen LogP) is 3.78. The van der Waals surface area contributed by atoms with Crippen molar-refractivity contribution in [3.05, 3.63) is 34.3 Å². The van der Waals surface area contributed by atoms with Gasteiger partial charge >= 0.3 is 6.18 Å². The molecule has 0 aromatic heterocycles. The van der Waals surface area contributed by atoms with Crippen molar-refractivity contribution >= 4 is 21.8 Å². The van der Waals surface area contributed by atoms with Gasteiger partial charge in [-0.2, -0.15) is 18.4 Å². The number of nitriles is 1. The standard InChI is InChI=1S/C16H19BrF3N3O/c1-10(2)9-13(15(22)24)23(8-7-21)14(16(18,19)20)11-3-5-12(17)6-4-11/h3-6,10,13-14H,8-9H2,1-2H3,(H2,22,24)/t13-,14?/m0/s1. The van der Waals surface area contributed by atoms with Gasteiger partial charge in [0.1, 0.15) is 6.04 Å². The molecule has 0 aliphatic heterocycles.